The molecule has 0 bridgehead atoms. The largest absolute Gasteiger partial charge is 0.380 e. The Balaban J connectivity index is 3.30. The van der Waals surface area contributed by atoms with Crippen molar-refractivity contribution in [1.82, 2.24) is 10.8 Å². The molecule has 0 aliphatic rings. The third-order valence-electron chi connectivity index (χ3n) is 1.15. The number of methoxy groups -OCH3 is 1. The molecule has 0 radical (unpaired) electrons. The van der Waals surface area contributed by atoms with Gasteiger partial charge < -0.3 is 10.1 Å². The van der Waals surface area contributed by atoms with Gasteiger partial charge in [0.05, 0.1) is 13.2 Å². The highest BCUT2D eigenvalue weighted by Crippen LogP contribution is 1.82. The topological polar surface area (TPSA) is 59.6 Å². The van der Waals surface area contributed by atoms with Gasteiger partial charge in [-0.15, -0.1) is 0 Å². The standard InChI is InChI=1S/C6H14N2O3/c1-5(10-2)4-7-6(9)8-11-3/h5H,4H2,1-3H3,(H2,7,8,9). The molecule has 0 saturated carbocycles. The van der Waals surface area contributed by atoms with Gasteiger partial charge in [-0.05, 0) is 6.92 Å². The lowest BCUT2D eigenvalue weighted by atomic mass is 10.4. The lowest BCUT2D eigenvalue weighted by Crippen LogP contribution is -2.38. The Bertz CT molecular complexity index is 118. The first-order chi connectivity index (χ1) is 5.20. The van der Waals surface area contributed by atoms with Crippen LogP contribution < -0.4 is 10.8 Å². The van der Waals surface area contributed by atoms with Crippen LogP contribution in [0.25, 0.3) is 0 Å². The molecule has 1 unspecified atom stereocenters. The molecule has 5 nitrogen and oxygen atoms in total. The first kappa shape index (κ1) is 10.2. The molecule has 0 heterocycles. The van der Waals surface area contributed by atoms with Gasteiger partial charge in [-0.2, -0.15) is 0 Å². The molecular formula is C6H14N2O3. The van der Waals surface area contributed by atoms with E-state index in [1.807, 2.05) is 6.92 Å². The Kier molecular flexibility index (Phi) is 5.50. The summed E-state index contributed by atoms with van der Waals surface area (Å²) >= 11 is 0. The zero-order valence-corrected chi connectivity index (χ0v) is 7.01. The fraction of sp³-hybridized carbons (Fsp3) is 0.833. The summed E-state index contributed by atoms with van der Waals surface area (Å²) in [7, 11) is 2.96. The first-order valence-corrected chi connectivity index (χ1v) is 3.30. The number of hydrogen-bond acceptors (Lipinski definition) is 3. The zero-order valence-electron chi connectivity index (χ0n) is 7.01. The molecule has 66 valence electrons. The third kappa shape index (κ3) is 5.63. The Morgan fingerprint density at radius 3 is 2.64 bits per heavy atom. The molecule has 1 atom stereocenters. The highest BCUT2D eigenvalue weighted by Gasteiger charge is 2.01. The van der Waals surface area contributed by atoms with Crippen molar-refractivity contribution in [3.05, 3.63) is 0 Å². The number of rotatable bonds is 4. The molecule has 0 aliphatic carbocycles. The summed E-state index contributed by atoms with van der Waals surface area (Å²) in [6.45, 7) is 2.32. The molecule has 0 aromatic carbocycles. The first-order valence-electron chi connectivity index (χ1n) is 3.30. The number of carbonyl (C=O) groups excluding carboxylic acids is 1. The van der Waals surface area contributed by atoms with Crippen molar-refractivity contribution in [2.24, 2.45) is 0 Å². The van der Waals surface area contributed by atoms with Crippen LogP contribution in [-0.2, 0) is 9.57 Å². The molecule has 0 aromatic heterocycles. The van der Waals surface area contributed by atoms with Crippen molar-refractivity contribution in [3.63, 3.8) is 0 Å². The van der Waals surface area contributed by atoms with E-state index in [2.05, 4.69) is 15.6 Å². The summed E-state index contributed by atoms with van der Waals surface area (Å²) in [4.78, 5) is 15.0. The summed E-state index contributed by atoms with van der Waals surface area (Å²) in [6.07, 6.45) is 0.0117. The quantitative estimate of drug-likeness (QED) is 0.567. The second kappa shape index (κ2) is 5.94. The smallest absolute Gasteiger partial charge is 0.338 e. The van der Waals surface area contributed by atoms with Crippen LogP contribution in [-0.4, -0.2) is 32.9 Å². The Morgan fingerprint density at radius 1 is 1.55 bits per heavy atom. The molecular weight excluding hydrogens is 148 g/mol. The van der Waals surface area contributed by atoms with Gasteiger partial charge in [0.2, 0.25) is 0 Å². The second-order valence-electron chi connectivity index (χ2n) is 2.06. The van der Waals surface area contributed by atoms with Gasteiger partial charge in [0.1, 0.15) is 0 Å². The summed E-state index contributed by atoms with van der Waals surface area (Å²) in [5, 5.41) is 2.53. The number of amides is 2. The highest BCUT2D eigenvalue weighted by molar-refractivity contribution is 5.72. The minimum atomic E-state index is -0.364. The van der Waals surface area contributed by atoms with Crippen LogP contribution in [0.2, 0.25) is 0 Å². The van der Waals surface area contributed by atoms with Gasteiger partial charge in [-0.25, -0.2) is 10.3 Å². The number of nitrogens with one attached hydrogen (secondary N) is 2. The van der Waals surface area contributed by atoms with Crippen LogP contribution in [0.15, 0.2) is 0 Å². The van der Waals surface area contributed by atoms with Gasteiger partial charge >= 0.3 is 6.03 Å². The minimum absolute atomic E-state index is 0.0117. The molecule has 0 fully saturated rings. The predicted octanol–water partition coefficient (Wildman–Crippen LogP) is -0.118. The van der Waals surface area contributed by atoms with Crippen LogP contribution in [0.1, 0.15) is 6.92 Å². The lowest BCUT2D eigenvalue weighted by molar-refractivity contribution is 0.0961. The number of hydrogen-bond donors (Lipinski definition) is 2. The molecule has 0 saturated heterocycles. The predicted molar refractivity (Wildman–Crippen MR) is 40.0 cm³/mol. The molecule has 0 spiro atoms. The third-order valence-corrected chi connectivity index (χ3v) is 1.15. The van der Waals surface area contributed by atoms with Crippen molar-refractivity contribution in [1.29, 1.82) is 0 Å². The SMILES string of the molecule is CONC(=O)NCC(C)OC. The molecule has 2 amide bonds. The van der Waals surface area contributed by atoms with Crippen molar-refractivity contribution in [3.8, 4) is 0 Å². The monoisotopic (exact) mass is 162 g/mol. The van der Waals surface area contributed by atoms with Gasteiger partial charge in [0, 0.05) is 13.7 Å². The maximum atomic E-state index is 10.7. The molecule has 5 heteroatoms. The van der Waals surface area contributed by atoms with Gasteiger partial charge in [0.15, 0.2) is 0 Å². The van der Waals surface area contributed by atoms with Crippen molar-refractivity contribution < 1.29 is 14.4 Å². The van der Waals surface area contributed by atoms with E-state index in [-0.39, 0.29) is 12.1 Å². The van der Waals surface area contributed by atoms with Gasteiger partial charge in [-0.1, -0.05) is 0 Å². The van der Waals surface area contributed by atoms with Crippen LogP contribution in [0.5, 0.6) is 0 Å². The maximum absolute atomic E-state index is 10.7. The highest BCUT2D eigenvalue weighted by atomic mass is 16.6. The fourth-order valence-corrected chi connectivity index (χ4v) is 0.449. The van der Waals surface area contributed by atoms with E-state index >= 15 is 0 Å². The molecule has 0 aliphatic heterocycles. The van der Waals surface area contributed by atoms with Crippen molar-refractivity contribution in [2.45, 2.75) is 13.0 Å². The molecule has 2 N–H and O–H groups in total. The average molecular weight is 162 g/mol. The number of carbonyl (C=O) groups is 1. The Hall–Kier alpha value is -0.810. The van der Waals surface area contributed by atoms with Crippen LogP contribution in [0, 0.1) is 0 Å². The van der Waals surface area contributed by atoms with E-state index in [1.54, 1.807) is 7.11 Å². The summed E-state index contributed by atoms with van der Waals surface area (Å²) < 4.78 is 4.90. The van der Waals surface area contributed by atoms with Gasteiger partial charge in [-0.3, -0.25) is 4.84 Å². The number of ether oxygens (including phenoxy) is 1. The summed E-state index contributed by atoms with van der Waals surface area (Å²) in [6, 6.07) is -0.364. The summed E-state index contributed by atoms with van der Waals surface area (Å²) in [5.41, 5.74) is 2.12. The van der Waals surface area contributed by atoms with Crippen LogP contribution >= 0.6 is 0 Å². The molecule has 11 heavy (non-hydrogen) atoms. The molecule has 0 rings (SSSR count). The van der Waals surface area contributed by atoms with E-state index < -0.39 is 0 Å². The van der Waals surface area contributed by atoms with Crippen LogP contribution in [0.4, 0.5) is 4.79 Å². The Morgan fingerprint density at radius 2 is 2.18 bits per heavy atom. The summed E-state index contributed by atoms with van der Waals surface area (Å²) in [5.74, 6) is 0. The fourth-order valence-electron chi connectivity index (χ4n) is 0.449. The van der Waals surface area contributed by atoms with E-state index in [0.29, 0.717) is 6.54 Å². The zero-order chi connectivity index (χ0) is 8.69. The van der Waals surface area contributed by atoms with E-state index in [4.69, 9.17) is 4.74 Å². The number of hydroxylamine groups is 1. The van der Waals surface area contributed by atoms with Crippen molar-refractivity contribution in [2.75, 3.05) is 20.8 Å². The van der Waals surface area contributed by atoms with Gasteiger partial charge in [0.25, 0.3) is 0 Å². The van der Waals surface area contributed by atoms with Crippen LogP contribution in [0.3, 0.4) is 0 Å². The van der Waals surface area contributed by atoms with Crippen molar-refractivity contribution >= 4 is 6.03 Å². The Labute approximate surface area is 66.0 Å². The van der Waals surface area contributed by atoms with E-state index in [1.165, 1.54) is 7.11 Å². The average Bonchev–Trinajstić information content (AvgIpc) is 2.01. The lowest BCUT2D eigenvalue weighted by Gasteiger charge is -2.10. The van der Waals surface area contributed by atoms with E-state index in [0.717, 1.165) is 0 Å². The number of urea groups is 1. The normalized spacial score (nSPS) is 12.3. The molecule has 0 aromatic rings. The maximum Gasteiger partial charge on any atom is 0.338 e. The van der Waals surface area contributed by atoms with E-state index in [9.17, 15) is 4.79 Å². The second-order valence-corrected chi connectivity index (χ2v) is 2.06. The minimum Gasteiger partial charge on any atom is -0.380 e.